The fraction of sp³-hybridized carbons (Fsp3) is 0.900. The van der Waals surface area contributed by atoms with Crippen LogP contribution in [0.15, 0.2) is 11.6 Å². The topological polar surface area (TPSA) is 57.5 Å². The van der Waals surface area contributed by atoms with Crippen LogP contribution in [0.3, 0.4) is 0 Å². The Bertz CT molecular complexity index is 922. The van der Waals surface area contributed by atoms with Crippen LogP contribution in [-0.2, 0) is 4.79 Å². The van der Waals surface area contributed by atoms with E-state index in [1.807, 2.05) is 13.8 Å². The fourth-order valence-corrected chi connectivity index (χ4v) is 10.8. The van der Waals surface area contributed by atoms with E-state index in [1.54, 1.807) is 0 Å². The fourth-order valence-electron chi connectivity index (χ4n) is 10.8. The van der Waals surface area contributed by atoms with Gasteiger partial charge in [-0.15, -0.1) is 0 Å². The summed E-state index contributed by atoms with van der Waals surface area (Å²) in [5, 5.41) is 21.2. The monoisotopic (exact) mass is 474 g/mol. The first-order valence-corrected chi connectivity index (χ1v) is 13.9. The highest BCUT2D eigenvalue weighted by Gasteiger charge is 2.71. The van der Waals surface area contributed by atoms with Crippen LogP contribution in [-0.4, -0.2) is 22.0 Å². The zero-order valence-corrected chi connectivity index (χ0v) is 22.5. The first kappa shape index (κ1) is 24.8. The van der Waals surface area contributed by atoms with Crippen molar-refractivity contribution < 1.29 is 19.4 Å². The molecule has 0 aromatic rings. The Morgan fingerprint density at radius 1 is 0.941 bits per heavy atom. The average Bonchev–Trinajstić information content (AvgIpc) is 2.74. The smallest absolute Gasteiger partial charge is 0.310 e. The SMILES string of the molecule is CC1CCC2(C(=O)O)CCC3(C)C(=CCC4C5(C)CCC(O)(F)C(C)(C)C5CCC43C)C2C1C. The molecule has 0 aromatic carbocycles. The van der Waals surface area contributed by atoms with Gasteiger partial charge in [0.15, 0.2) is 0 Å². The van der Waals surface area contributed by atoms with Crippen molar-refractivity contribution in [3.63, 3.8) is 0 Å². The third kappa shape index (κ3) is 2.70. The number of allylic oxidation sites excluding steroid dienone is 2. The minimum atomic E-state index is -2.11. The van der Waals surface area contributed by atoms with Gasteiger partial charge in [0.25, 0.3) is 0 Å². The number of aliphatic hydroxyl groups is 1. The van der Waals surface area contributed by atoms with Crippen LogP contribution in [0.1, 0.15) is 106 Å². The van der Waals surface area contributed by atoms with Crippen LogP contribution in [0, 0.1) is 56.7 Å². The van der Waals surface area contributed by atoms with Gasteiger partial charge in [-0.1, -0.05) is 60.1 Å². The van der Waals surface area contributed by atoms with Crippen molar-refractivity contribution in [1.82, 2.24) is 0 Å². The molecule has 4 saturated carbocycles. The van der Waals surface area contributed by atoms with Crippen molar-refractivity contribution >= 4 is 5.97 Å². The third-order valence-corrected chi connectivity index (χ3v) is 13.5. The molecule has 4 heteroatoms. The number of carboxylic acids is 1. The van der Waals surface area contributed by atoms with Gasteiger partial charge in [-0.25, -0.2) is 4.39 Å². The lowest BCUT2D eigenvalue weighted by Crippen LogP contribution is -2.66. The number of carbonyl (C=O) groups is 1. The molecule has 0 amide bonds. The van der Waals surface area contributed by atoms with E-state index in [2.05, 4.69) is 40.7 Å². The molecule has 0 heterocycles. The number of fused-ring (bicyclic) bond motifs is 7. The summed E-state index contributed by atoms with van der Waals surface area (Å²) >= 11 is 0. The Hall–Kier alpha value is -0.900. The highest BCUT2D eigenvalue weighted by molar-refractivity contribution is 5.76. The Labute approximate surface area is 206 Å². The number of hydrogen-bond acceptors (Lipinski definition) is 2. The molecule has 192 valence electrons. The summed E-state index contributed by atoms with van der Waals surface area (Å²) < 4.78 is 15.3. The van der Waals surface area contributed by atoms with E-state index in [1.165, 1.54) is 5.57 Å². The van der Waals surface area contributed by atoms with E-state index in [0.29, 0.717) is 17.8 Å². The lowest BCUT2D eigenvalue weighted by Gasteiger charge is -2.71. The summed E-state index contributed by atoms with van der Waals surface area (Å²) in [5.41, 5.74) is 0.0935. The molecular formula is C30H47FO3. The van der Waals surface area contributed by atoms with Crippen molar-refractivity contribution in [3.8, 4) is 0 Å². The van der Waals surface area contributed by atoms with Crippen LogP contribution in [0.25, 0.3) is 0 Å². The van der Waals surface area contributed by atoms with Crippen LogP contribution >= 0.6 is 0 Å². The van der Waals surface area contributed by atoms with Gasteiger partial charge >= 0.3 is 5.97 Å². The zero-order chi connectivity index (χ0) is 25.1. The maximum absolute atomic E-state index is 15.3. The number of rotatable bonds is 1. The minimum Gasteiger partial charge on any atom is -0.481 e. The summed E-state index contributed by atoms with van der Waals surface area (Å²) in [5.74, 6) is -1.08. The second kappa shape index (κ2) is 7.11. The van der Waals surface area contributed by atoms with Crippen molar-refractivity contribution in [2.24, 2.45) is 56.7 Å². The summed E-state index contributed by atoms with van der Waals surface area (Å²) in [4.78, 5) is 12.8. The molecule has 0 bridgehead atoms. The Morgan fingerprint density at radius 2 is 1.62 bits per heavy atom. The molecule has 0 spiro atoms. The summed E-state index contributed by atoms with van der Waals surface area (Å²) in [6, 6.07) is 0. The Morgan fingerprint density at radius 3 is 2.26 bits per heavy atom. The molecule has 0 saturated heterocycles. The summed E-state index contributed by atoms with van der Waals surface area (Å²) in [7, 11) is 0. The van der Waals surface area contributed by atoms with Gasteiger partial charge in [0.05, 0.1) is 5.41 Å². The quantitative estimate of drug-likeness (QED) is 0.390. The molecule has 5 aliphatic carbocycles. The normalized spacial score (nSPS) is 56.3. The molecule has 10 unspecified atom stereocenters. The molecule has 5 aliphatic rings. The average molecular weight is 475 g/mol. The van der Waals surface area contributed by atoms with Gasteiger partial charge in [0.1, 0.15) is 0 Å². The van der Waals surface area contributed by atoms with Gasteiger partial charge in [-0.05, 0) is 97.2 Å². The molecule has 2 N–H and O–H groups in total. The van der Waals surface area contributed by atoms with E-state index in [-0.39, 0.29) is 34.5 Å². The van der Waals surface area contributed by atoms with Crippen LogP contribution < -0.4 is 0 Å². The molecule has 10 atom stereocenters. The van der Waals surface area contributed by atoms with Gasteiger partial charge in [-0.3, -0.25) is 4.79 Å². The van der Waals surface area contributed by atoms with E-state index in [0.717, 1.165) is 51.4 Å². The van der Waals surface area contributed by atoms with Gasteiger partial charge < -0.3 is 10.2 Å². The molecule has 34 heavy (non-hydrogen) atoms. The second-order valence-corrected chi connectivity index (χ2v) is 14.6. The van der Waals surface area contributed by atoms with E-state index in [9.17, 15) is 15.0 Å². The lowest BCUT2D eigenvalue weighted by molar-refractivity contribution is -0.279. The minimum absolute atomic E-state index is 0.0212. The molecule has 4 fully saturated rings. The summed E-state index contributed by atoms with van der Waals surface area (Å²) in [6.45, 7) is 15.8. The van der Waals surface area contributed by atoms with Gasteiger partial charge in [-0.2, -0.15) is 0 Å². The molecule has 0 radical (unpaired) electrons. The molecular weight excluding hydrogens is 427 g/mol. The number of hydrogen-bond donors (Lipinski definition) is 2. The zero-order valence-electron chi connectivity index (χ0n) is 22.5. The number of alkyl halides is 1. The molecule has 0 aliphatic heterocycles. The maximum atomic E-state index is 15.3. The highest BCUT2D eigenvalue weighted by Crippen LogP contribution is 2.76. The molecule has 3 nitrogen and oxygen atoms in total. The summed E-state index contributed by atoms with van der Waals surface area (Å²) in [6.07, 6.45) is 9.86. The Kier molecular flexibility index (Phi) is 5.18. The van der Waals surface area contributed by atoms with Crippen LogP contribution in [0.4, 0.5) is 4.39 Å². The number of aliphatic carboxylic acids is 1. The first-order chi connectivity index (χ1) is 15.6. The standard InChI is InChI=1S/C30H47FO3/c1-18-10-13-29(24(32)33)16-15-27(6)20(23(29)19(18)2)8-9-22-26(5)14-17-30(31,34)25(3,4)21(26)11-12-28(22,27)7/h8,18-19,21-23,34H,9-17H2,1-7H3,(H,32,33). The molecule has 0 aromatic heterocycles. The predicted octanol–water partition coefficient (Wildman–Crippen LogP) is 7.39. The van der Waals surface area contributed by atoms with Gasteiger partial charge in [0, 0.05) is 11.8 Å². The second-order valence-electron chi connectivity index (χ2n) is 14.6. The highest BCUT2D eigenvalue weighted by atomic mass is 19.2. The maximum Gasteiger partial charge on any atom is 0.310 e. The van der Waals surface area contributed by atoms with Crippen LogP contribution in [0.5, 0.6) is 0 Å². The van der Waals surface area contributed by atoms with Crippen LogP contribution in [0.2, 0.25) is 0 Å². The van der Waals surface area contributed by atoms with E-state index < -0.39 is 22.7 Å². The Balaban J connectivity index is 1.61. The number of carboxylic acid groups (broad SMARTS) is 1. The van der Waals surface area contributed by atoms with E-state index in [4.69, 9.17) is 0 Å². The predicted molar refractivity (Wildman–Crippen MR) is 133 cm³/mol. The first-order valence-electron chi connectivity index (χ1n) is 13.9. The third-order valence-electron chi connectivity index (χ3n) is 13.5. The van der Waals surface area contributed by atoms with Crippen molar-refractivity contribution in [2.45, 2.75) is 112 Å². The van der Waals surface area contributed by atoms with Crippen molar-refractivity contribution in [3.05, 3.63) is 11.6 Å². The van der Waals surface area contributed by atoms with E-state index >= 15 is 4.39 Å². The molecule has 5 rings (SSSR count). The van der Waals surface area contributed by atoms with Gasteiger partial charge in [0.2, 0.25) is 5.85 Å². The lowest BCUT2D eigenvalue weighted by atomic mass is 9.33. The van der Waals surface area contributed by atoms with Crippen molar-refractivity contribution in [1.29, 1.82) is 0 Å². The number of halogens is 1. The van der Waals surface area contributed by atoms with Crippen molar-refractivity contribution in [2.75, 3.05) is 0 Å². The largest absolute Gasteiger partial charge is 0.481 e.